The fraction of sp³-hybridized carbons (Fsp3) is 0.824. The highest BCUT2D eigenvalue weighted by atomic mass is 32.1. The summed E-state index contributed by atoms with van der Waals surface area (Å²) >= 11 is 1.79. The van der Waals surface area contributed by atoms with Crippen molar-refractivity contribution in [2.24, 2.45) is 0 Å². The third-order valence-electron chi connectivity index (χ3n) is 5.01. The maximum absolute atomic E-state index is 4.53. The molecule has 1 N–H and O–H groups in total. The van der Waals surface area contributed by atoms with E-state index in [1.807, 2.05) is 6.20 Å². The zero-order chi connectivity index (χ0) is 15.1. The minimum absolute atomic E-state index is 0.289. The maximum Gasteiger partial charge on any atom is 0.0941 e. The second-order valence-electron chi connectivity index (χ2n) is 6.55. The number of hydrogen-bond acceptors (Lipinski definition) is 4. The van der Waals surface area contributed by atoms with Gasteiger partial charge in [0.2, 0.25) is 0 Å². The highest BCUT2D eigenvalue weighted by Crippen LogP contribution is 2.35. The molecule has 0 bridgehead atoms. The monoisotopic (exact) mass is 309 g/mol. The van der Waals surface area contributed by atoms with E-state index in [9.17, 15) is 0 Å². The first-order chi connectivity index (χ1) is 10.2. The average Bonchev–Trinajstić information content (AvgIpc) is 2.85. The molecule has 2 rings (SSSR count). The summed E-state index contributed by atoms with van der Waals surface area (Å²) in [5.41, 5.74) is 0.289. The van der Waals surface area contributed by atoms with Crippen LogP contribution in [0.2, 0.25) is 0 Å². The van der Waals surface area contributed by atoms with Crippen LogP contribution in [0.4, 0.5) is 0 Å². The highest BCUT2D eigenvalue weighted by Gasteiger charge is 2.40. The first-order valence-corrected chi connectivity index (χ1v) is 9.36. The van der Waals surface area contributed by atoms with Crippen LogP contribution in [0.15, 0.2) is 11.6 Å². The molecule has 120 valence electrons. The lowest BCUT2D eigenvalue weighted by Gasteiger charge is -2.46. The van der Waals surface area contributed by atoms with Crippen LogP contribution in [-0.4, -0.2) is 42.1 Å². The molecule has 1 aromatic rings. The molecule has 1 aliphatic rings. The smallest absolute Gasteiger partial charge is 0.0941 e. The number of hydrogen-bond donors (Lipinski definition) is 1. The van der Waals surface area contributed by atoms with Crippen molar-refractivity contribution in [3.63, 3.8) is 0 Å². The van der Waals surface area contributed by atoms with Gasteiger partial charge in [-0.3, -0.25) is 0 Å². The normalized spacial score (nSPS) is 20.4. The van der Waals surface area contributed by atoms with Crippen molar-refractivity contribution in [1.29, 1.82) is 0 Å². The van der Waals surface area contributed by atoms with Crippen molar-refractivity contribution in [3.8, 4) is 0 Å². The van der Waals surface area contributed by atoms with E-state index in [2.05, 4.69) is 41.6 Å². The van der Waals surface area contributed by atoms with Gasteiger partial charge in [0.1, 0.15) is 0 Å². The molecule has 1 atom stereocenters. The molecule has 0 radical (unpaired) electrons. The van der Waals surface area contributed by atoms with Crippen LogP contribution in [0.1, 0.15) is 56.9 Å². The number of nitrogens with one attached hydrogen (secondary N) is 1. The third-order valence-corrected chi connectivity index (χ3v) is 5.81. The predicted molar refractivity (Wildman–Crippen MR) is 92.0 cm³/mol. The molecule has 1 aromatic heterocycles. The van der Waals surface area contributed by atoms with Crippen molar-refractivity contribution in [2.45, 2.75) is 69.9 Å². The number of rotatable bonds is 7. The number of aromatic nitrogens is 1. The first-order valence-electron chi connectivity index (χ1n) is 8.48. The standard InChI is InChI=1S/C17H31N3S/c1-4-11-18-15(14-16-19-12-13-21-16)17(20(2)3)9-7-5-6-8-10-17/h12-13,15,18H,4-11,14H2,1-3H3. The van der Waals surface area contributed by atoms with Crippen LogP contribution < -0.4 is 5.32 Å². The second kappa shape index (κ2) is 8.25. The van der Waals surface area contributed by atoms with Gasteiger partial charge in [-0.25, -0.2) is 4.98 Å². The van der Waals surface area contributed by atoms with Gasteiger partial charge < -0.3 is 10.2 Å². The van der Waals surface area contributed by atoms with Gasteiger partial charge in [0, 0.05) is 29.6 Å². The van der Waals surface area contributed by atoms with Crippen LogP contribution in [0.5, 0.6) is 0 Å². The predicted octanol–water partition coefficient (Wildman–Crippen LogP) is 3.71. The average molecular weight is 310 g/mol. The summed E-state index contributed by atoms with van der Waals surface area (Å²) in [5.74, 6) is 0. The number of thiazole rings is 1. The van der Waals surface area contributed by atoms with Gasteiger partial charge >= 0.3 is 0 Å². The Hall–Kier alpha value is -0.450. The van der Waals surface area contributed by atoms with Crippen LogP contribution in [-0.2, 0) is 6.42 Å². The van der Waals surface area contributed by atoms with Gasteiger partial charge in [0.25, 0.3) is 0 Å². The number of likely N-dealkylation sites (N-methyl/N-ethyl adjacent to an activating group) is 1. The molecule has 0 saturated heterocycles. The van der Waals surface area contributed by atoms with E-state index in [0.717, 1.165) is 13.0 Å². The Morgan fingerprint density at radius 3 is 2.52 bits per heavy atom. The van der Waals surface area contributed by atoms with Crippen molar-refractivity contribution in [2.75, 3.05) is 20.6 Å². The molecule has 0 spiro atoms. The zero-order valence-electron chi connectivity index (χ0n) is 13.9. The van der Waals surface area contributed by atoms with Gasteiger partial charge in [-0.15, -0.1) is 11.3 Å². The van der Waals surface area contributed by atoms with Crippen molar-refractivity contribution >= 4 is 11.3 Å². The van der Waals surface area contributed by atoms with Gasteiger partial charge in [0.05, 0.1) is 5.01 Å². The Morgan fingerprint density at radius 2 is 2.00 bits per heavy atom. The van der Waals surface area contributed by atoms with Crippen molar-refractivity contribution < 1.29 is 0 Å². The zero-order valence-corrected chi connectivity index (χ0v) is 14.7. The molecule has 3 nitrogen and oxygen atoms in total. The molecule has 1 aliphatic carbocycles. The van der Waals surface area contributed by atoms with Crippen molar-refractivity contribution in [1.82, 2.24) is 15.2 Å². The molecule has 1 fully saturated rings. The highest BCUT2D eigenvalue weighted by molar-refractivity contribution is 7.09. The van der Waals surface area contributed by atoms with E-state index >= 15 is 0 Å². The van der Waals surface area contributed by atoms with E-state index in [-0.39, 0.29) is 5.54 Å². The molecule has 21 heavy (non-hydrogen) atoms. The summed E-state index contributed by atoms with van der Waals surface area (Å²) < 4.78 is 0. The lowest BCUT2D eigenvalue weighted by Crippen LogP contribution is -2.60. The molecule has 1 heterocycles. The Labute approximate surface area is 134 Å². The molecule has 0 amide bonds. The Kier molecular flexibility index (Phi) is 6.65. The summed E-state index contributed by atoms with van der Waals surface area (Å²) in [7, 11) is 4.54. The first kappa shape index (κ1) is 16.9. The van der Waals surface area contributed by atoms with Gasteiger partial charge in [0.15, 0.2) is 0 Å². The van der Waals surface area contributed by atoms with E-state index in [4.69, 9.17) is 0 Å². The minimum Gasteiger partial charge on any atom is -0.312 e. The minimum atomic E-state index is 0.289. The summed E-state index contributed by atoms with van der Waals surface area (Å²) in [4.78, 5) is 7.03. The molecule has 0 aromatic carbocycles. The van der Waals surface area contributed by atoms with Crippen LogP contribution >= 0.6 is 11.3 Å². The second-order valence-corrected chi connectivity index (χ2v) is 7.53. The number of nitrogens with zero attached hydrogens (tertiary/aromatic N) is 2. The largest absolute Gasteiger partial charge is 0.312 e. The lowest BCUT2D eigenvalue weighted by molar-refractivity contribution is 0.0801. The van der Waals surface area contributed by atoms with E-state index in [1.54, 1.807) is 11.3 Å². The fourth-order valence-electron chi connectivity index (χ4n) is 3.75. The van der Waals surface area contributed by atoms with E-state index in [0.29, 0.717) is 6.04 Å². The molecule has 1 unspecified atom stereocenters. The van der Waals surface area contributed by atoms with Gasteiger partial charge in [-0.05, 0) is 39.9 Å². The summed E-state index contributed by atoms with van der Waals surface area (Å²) in [6.45, 7) is 3.36. The summed E-state index contributed by atoms with van der Waals surface area (Å²) in [5, 5.41) is 7.22. The topological polar surface area (TPSA) is 28.2 Å². The van der Waals surface area contributed by atoms with Crippen molar-refractivity contribution in [3.05, 3.63) is 16.6 Å². The summed E-state index contributed by atoms with van der Waals surface area (Å²) in [6.07, 6.45) is 12.3. The summed E-state index contributed by atoms with van der Waals surface area (Å²) in [6, 6.07) is 0.511. The maximum atomic E-state index is 4.53. The third kappa shape index (κ3) is 4.27. The Morgan fingerprint density at radius 1 is 1.29 bits per heavy atom. The fourth-order valence-corrected chi connectivity index (χ4v) is 4.41. The molecule has 4 heteroatoms. The molecule has 0 aliphatic heterocycles. The SMILES string of the molecule is CCCNC(Cc1nccs1)C1(N(C)C)CCCCCC1. The van der Waals surface area contributed by atoms with Crippen LogP contribution in [0.25, 0.3) is 0 Å². The Balaban J connectivity index is 2.20. The lowest BCUT2D eigenvalue weighted by atomic mass is 9.79. The van der Waals surface area contributed by atoms with Gasteiger partial charge in [-0.1, -0.05) is 32.6 Å². The van der Waals surface area contributed by atoms with Gasteiger partial charge in [-0.2, -0.15) is 0 Å². The van der Waals surface area contributed by atoms with E-state index in [1.165, 1.54) is 50.0 Å². The van der Waals surface area contributed by atoms with E-state index < -0.39 is 0 Å². The quantitative estimate of drug-likeness (QED) is 0.778. The molecular formula is C17H31N3S. The van der Waals surface area contributed by atoms with Crippen LogP contribution in [0.3, 0.4) is 0 Å². The van der Waals surface area contributed by atoms with Crippen LogP contribution in [0, 0.1) is 0 Å². The molecular weight excluding hydrogens is 278 g/mol. The Bertz CT molecular complexity index is 381. The molecule has 1 saturated carbocycles.